The van der Waals surface area contributed by atoms with E-state index < -0.39 is 0 Å². The number of hydrogen-bond acceptors (Lipinski definition) is 3. The zero-order valence-electron chi connectivity index (χ0n) is 15.0. The molecular weight excluding hydrogens is 390 g/mol. The molecule has 0 saturated carbocycles. The van der Waals surface area contributed by atoms with Crippen LogP contribution in [-0.2, 0) is 6.54 Å². The van der Waals surface area contributed by atoms with Gasteiger partial charge in [-0.3, -0.25) is 9.78 Å². The number of carbonyl (C=O) groups is 1. The number of likely N-dealkylation sites (N-methyl/N-ethyl adjacent to an activating group) is 1. The number of carbonyl (C=O) groups excluding carboxylic acids is 1. The van der Waals surface area contributed by atoms with Crippen molar-refractivity contribution in [1.82, 2.24) is 14.8 Å². The second kappa shape index (κ2) is 8.43. The van der Waals surface area contributed by atoms with Crippen molar-refractivity contribution in [2.45, 2.75) is 6.54 Å². The van der Waals surface area contributed by atoms with E-state index in [2.05, 4.69) is 25.8 Å². The van der Waals surface area contributed by atoms with Crippen LogP contribution >= 0.6 is 15.9 Å². The smallest absolute Gasteiger partial charge is 0.256 e. The van der Waals surface area contributed by atoms with Gasteiger partial charge in [0.25, 0.3) is 5.91 Å². The topological polar surface area (TPSA) is 36.4 Å². The first-order valence-corrected chi connectivity index (χ1v) is 9.36. The van der Waals surface area contributed by atoms with E-state index >= 15 is 0 Å². The largest absolute Gasteiger partial charge is 0.333 e. The van der Waals surface area contributed by atoms with Crippen molar-refractivity contribution < 1.29 is 4.79 Å². The summed E-state index contributed by atoms with van der Waals surface area (Å²) in [5, 5.41) is 0.981. The molecule has 5 heteroatoms. The van der Waals surface area contributed by atoms with E-state index in [1.807, 2.05) is 73.6 Å². The first kappa shape index (κ1) is 18.5. The fourth-order valence-corrected chi connectivity index (χ4v) is 3.09. The van der Waals surface area contributed by atoms with E-state index in [0.717, 1.165) is 27.5 Å². The van der Waals surface area contributed by atoms with Crippen molar-refractivity contribution in [3.8, 4) is 0 Å². The molecule has 0 saturated heterocycles. The van der Waals surface area contributed by atoms with Gasteiger partial charge in [-0.25, -0.2) is 0 Å². The van der Waals surface area contributed by atoms with Crippen molar-refractivity contribution in [1.29, 1.82) is 0 Å². The minimum Gasteiger partial charge on any atom is -0.333 e. The third kappa shape index (κ3) is 4.48. The molecule has 2 aromatic carbocycles. The molecule has 1 aromatic heterocycles. The van der Waals surface area contributed by atoms with Crippen LogP contribution in [0.5, 0.6) is 0 Å². The summed E-state index contributed by atoms with van der Waals surface area (Å²) in [4.78, 5) is 21.7. The highest BCUT2D eigenvalue weighted by Crippen LogP contribution is 2.19. The van der Waals surface area contributed by atoms with Crippen molar-refractivity contribution >= 4 is 32.7 Å². The summed E-state index contributed by atoms with van der Waals surface area (Å²) >= 11 is 3.46. The van der Waals surface area contributed by atoms with Gasteiger partial charge in [-0.05, 0) is 43.9 Å². The molecule has 26 heavy (non-hydrogen) atoms. The molecule has 0 aliphatic heterocycles. The number of halogens is 1. The Kier molecular flexibility index (Phi) is 6.01. The van der Waals surface area contributed by atoms with Crippen LogP contribution in [0.2, 0.25) is 0 Å². The molecular formula is C21H22BrN3O. The number of nitrogens with zero attached hydrogens (tertiary/aromatic N) is 3. The van der Waals surface area contributed by atoms with Crippen LogP contribution in [0, 0.1) is 0 Å². The Balaban J connectivity index is 1.91. The molecule has 0 unspecified atom stereocenters. The first-order chi connectivity index (χ1) is 12.5. The Bertz CT molecular complexity index is 888. The lowest BCUT2D eigenvalue weighted by Crippen LogP contribution is -2.36. The third-order valence-electron chi connectivity index (χ3n) is 4.25. The maximum atomic E-state index is 13.3. The fourth-order valence-electron chi connectivity index (χ4n) is 2.83. The highest BCUT2D eigenvalue weighted by molar-refractivity contribution is 9.10. The summed E-state index contributed by atoms with van der Waals surface area (Å²) in [5.74, 6) is 0.0130. The minimum atomic E-state index is 0.0130. The molecule has 0 N–H and O–H groups in total. The fraction of sp³-hybridized carbons (Fsp3) is 0.238. The number of aromatic nitrogens is 1. The van der Waals surface area contributed by atoms with Crippen molar-refractivity contribution in [3.63, 3.8) is 0 Å². The predicted molar refractivity (Wildman–Crippen MR) is 109 cm³/mol. The van der Waals surface area contributed by atoms with Gasteiger partial charge in [-0.1, -0.05) is 46.3 Å². The number of rotatable bonds is 6. The number of para-hydroxylation sites is 1. The monoisotopic (exact) mass is 411 g/mol. The van der Waals surface area contributed by atoms with Gasteiger partial charge in [0.05, 0.1) is 11.1 Å². The van der Waals surface area contributed by atoms with Crippen LogP contribution in [-0.4, -0.2) is 47.9 Å². The molecule has 0 radical (unpaired) electrons. The summed E-state index contributed by atoms with van der Waals surface area (Å²) in [5.41, 5.74) is 2.51. The molecule has 4 nitrogen and oxygen atoms in total. The Morgan fingerprint density at radius 3 is 2.46 bits per heavy atom. The van der Waals surface area contributed by atoms with Gasteiger partial charge in [0.1, 0.15) is 0 Å². The summed E-state index contributed by atoms with van der Waals surface area (Å²) in [6, 6.07) is 17.7. The van der Waals surface area contributed by atoms with Gasteiger partial charge in [0, 0.05) is 35.7 Å². The van der Waals surface area contributed by atoms with Gasteiger partial charge in [0.2, 0.25) is 0 Å². The summed E-state index contributed by atoms with van der Waals surface area (Å²) in [7, 11) is 4.03. The van der Waals surface area contributed by atoms with Crippen molar-refractivity contribution in [2.75, 3.05) is 27.2 Å². The van der Waals surface area contributed by atoms with E-state index in [9.17, 15) is 4.79 Å². The van der Waals surface area contributed by atoms with Gasteiger partial charge in [-0.2, -0.15) is 0 Å². The van der Waals surface area contributed by atoms with Crippen LogP contribution in [0.4, 0.5) is 0 Å². The molecule has 1 amide bonds. The zero-order chi connectivity index (χ0) is 18.5. The van der Waals surface area contributed by atoms with E-state index in [-0.39, 0.29) is 5.91 Å². The molecule has 3 aromatic rings. The molecule has 0 fully saturated rings. The highest BCUT2D eigenvalue weighted by atomic mass is 79.9. The number of benzene rings is 2. The molecule has 134 valence electrons. The first-order valence-electron chi connectivity index (χ1n) is 8.57. The average Bonchev–Trinajstić information content (AvgIpc) is 2.65. The van der Waals surface area contributed by atoms with Gasteiger partial charge >= 0.3 is 0 Å². The highest BCUT2D eigenvalue weighted by Gasteiger charge is 2.19. The van der Waals surface area contributed by atoms with Crippen LogP contribution in [0.3, 0.4) is 0 Å². The van der Waals surface area contributed by atoms with Crippen molar-refractivity contribution in [3.05, 3.63) is 76.4 Å². The number of pyridine rings is 1. The van der Waals surface area contributed by atoms with Crippen LogP contribution in [0.1, 0.15) is 15.9 Å². The van der Waals surface area contributed by atoms with Gasteiger partial charge in [0.15, 0.2) is 0 Å². The number of hydrogen-bond donors (Lipinski definition) is 0. The molecule has 0 bridgehead atoms. The lowest BCUT2D eigenvalue weighted by molar-refractivity contribution is 0.0734. The van der Waals surface area contributed by atoms with Gasteiger partial charge in [-0.15, -0.1) is 0 Å². The normalized spacial score (nSPS) is 11.1. The van der Waals surface area contributed by atoms with E-state index in [4.69, 9.17) is 0 Å². The second-order valence-electron chi connectivity index (χ2n) is 6.54. The Morgan fingerprint density at radius 2 is 1.73 bits per heavy atom. The molecule has 0 aliphatic rings. The molecule has 0 spiro atoms. The second-order valence-corrected chi connectivity index (χ2v) is 7.45. The number of amides is 1. The summed E-state index contributed by atoms with van der Waals surface area (Å²) in [6.45, 7) is 2.04. The van der Waals surface area contributed by atoms with Crippen molar-refractivity contribution in [2.24, 2.45) is 0 Å². The Hall–Kier alpha value is -2.24. The van der Waals surface area contributed by atoms with E-state index in [1.165, 1.54) is 0 Å². The molecule has 0 atom stereocenters. The maximum absolute atomic E-state index is 13.3. The molecule has 3 rings (SSSR count). The Labute approximate surface area is 162 Å². The lowest BCUT2D eigenvalue weighted by atomic mass is 10.1. The quantitative estimate of drug-likeness (QED) is 0.609. The maximum Gasteiger partial charge on any atom is 0.256 e. The summed E-state index contributed by atoms with van der Waals surface area (Å²) in [6.07, 6.45) is 1.73. The SMILES string of the molecule is CN(C)CCN(Cc1ccc(Br)cc1)C(=O)c1cccc2cccnc12. The third-order valence-corrected chi connectivity index (χ3v) is 4.78. The molecule has 0 aliphatic carbocycles. The Morgan fingerprint density at radius 1 is 1.00 bits per heavy atom. The van der Waals surface area contributed by atoms with Gasteiger partial charge < -0.3 is 9.80 Å². The lowest BCUT2D eigenvalue weighted by Gasteiger charge is -2.25. The summed E-state index contributed by atoms with van der Waals surface area (Å²) < 4.78 is 1.03. The van der Waals surface area contributed by atoms with Crippen LogP contribution in [0.15, 0.2) is 65.3 Å². The average molecular weight is 412 g/mol. The zero-order valence-corrected chi connectivity index (χ0v) is 16.6. The minimum absolute atomic E-state index is 0.0130. The molecule has 1 heterocycles. The van der Waals surface area contributed by atoms with E-state index in [0.29, 0.717) is 18.7 Å². The number of fused-ring (bicyclic) bond motifs is 1. The van der Waals surface area contributed by atoms with Crippen LogP contribution < -0.4 is 0 Å². The predicted octanol–water partition coefficient (Wildman–Crippen LogP) is 4.20. The standard InChI is InChI=1S/C21H22BrN3O/c1-24(2)13-14-25(15-16-8-10-18(22)11-9-16)21(26)19-7-3-5-17-6-4-12-23-20(17)19/h3-12H,13-15H2,1-2H3. The van der Waals surface area contributed by atoms with Crippen LogP contribution in [0.25, 0.3) is 10.9 Å². The van der Waals surface area contributed by atoms with E-state index in [1.54, 1.807) is 6.20 Å².